The van der Waals surface area contributed by atoms with Crippen LogP contribution in [0.3, 0.4) is 0 Å². The van der Waals surface area contributed by atoms with E-state index in [2.05, 4.69) is 4.98 Å². The molecule has 2 aromatic heterocycles. The Morgan fingerprint density at radius 2 is 2.15 bits per heavy atom. The lowest BCUT2D eigenvalue weighted by Gasteiger charge is -2.20. The van der Waals surface area contributed by atoms with Crippen molar-refractivity contribution >= 4 is 15.5 Å². The summed E-state index contributed by atoms with van der Waals surface area (Å²) >= 11 is 0. The number of imidazole rings is 1. The summed E-state index contributed by atoms with van der Waals surface area (Å²) in [7, 11) is -1.15. The molecular formula is C14H18N2O3S. The first-order valence-electron chi connectivity index (χ1n) is 6.78. The van der Waals surface area contributed by atoms with Gasteiger partial charge < -0.3 is 9.14 Å². The maximum Gasteiger partial charge on any atom is 0.150 e. The van der Waals surface area contributed by atoms with Crippen LogP contribution >= 0.6 is 0 Å². The van der Waals surface area contributed by atoms with Gasteiger partial charge in [-0.25, -0.2) is 13.4 Å². The molecule has 0 aliphatic carbocycles. The standard InChI is InChI=1S/C14H18N2O3S/c1-19-13-2-5-16-10-12(15-14(16)9-13)8-11-3-6-20(17,18)7-4-11/h2,5,9-11H,3-4,6-8H2,1H3. The third-order valence-electron chi connectivity index (χ3n) is 3.89. The highest BCUT2D eigenvalue weighted by molar-refractivity contribution is 7.91. The number of fused-ring (bicyclic) bond motifs is 1. The number of rotatable bonds is 3. The third kappa shape index (κ3) is 2.80. The highest BCUT2D eigenvalue weighted by atomic mass is 32.2. The minimum atomic E-state index is -2.78. The van der Waals surface area contributed by atoms with E-state index in [1.165, 1.54) is 0 Å². The molecule has 6 heteroatoms. The highest BCUT2D eigenvalue weighted by Crippen LogP contribution is 2.23. The lowest BCUT2D eigenvalue weighted by molar-refractivity contribution is 0.414. The lowest BCUT2D eigenvalue weighted by Crippen LogP contribution is -2.24. The van der Waals surface area contributed by atoms with Crippen LogP contribution in [0, 0.1) is 5.92 Å². The number of aromatic nitrogens is 2. The van der Waals surface area contributed by atoms with E-state index in [0.29, 0.717) is 17.4 Å². The lowest BCUT2D eigenvalue weighted by atomic mass is 9.97. The molecule has 3 rings (SSSR count). The van der Waals surface area contributed by atoms with Gasteiger partial charge in [0.2, 0.25) is 0 Å². The monoisotopic (exact) mass is 294 g/mol. The Hall–Kier alpha value is -1.56. The van der Waals surface area contributed by atoms with Crippen molar-refractivity contribution in [1.29, 1.82) is 0 Å². The van der Waals surface area contributed by atoms with E-state index in [0.717, 1.165) is 36.4 Å². The molecular weight excluding hydrogens is 276 g/mol. The Morgan fingerprint density at radius 3 is 2.85 bits per heavy atom. The van der Waals surface area contributed by atoms with Crippen molar-refractivity contribution in [3.63, 3.8) is 0 Å². The van der Waals surface area contributed by atoms with Crippen LogP contribution in [0.15, 0.2) is 24.5 Å². The van der Waals surface area contributed by atoms with Crippen molar-refractivity contribution in [2.24, 2.45) is 5.92 Å². The predicted octanol–water partition coefficient (Wildman–Crippen LogP) is 1.71. The second-order valence-corrected chi connectivity index (χ2v) is 7.67. The molecule has 0 spiro atoms. The Balaban J connectivity index is 1.75. The molecule has 20 heavy (non-hydrogen) atoms. The maximum absolute atomic E-state index is 11.4. The quantitative estimate of drug-likeness (QED) is 0.864. The summed E-state index contributed by atoms with van der Waals surface area (Å²) in [6, 6.07) is 3.79. The van der Waals surface area contributed by atoms with Gasteiger partial charge in [-0.2, -0.15) is 0 Å². The molecule has 5 nitrogen and oxygen atoms in total. The molecule has 1 aliphatic heterocycles. The van der Waals surface area contributed by atoms with Gasteiger partial charge in [0.1, 0.15) is 21.2 Å². The number of methoxy groups -OCH3 is 1. The molecule has 2 aromatic rings. The second kappa shape index (κ2) is 5.09. The molecule has 0 saturated carbocycles. The van der Waals surface area contributed by atoms with Crippen LogP contribution in [0.25, 0.3) is 5.65 Å². The van der Waals surface area contributed by atoms with Gasteiger partial charge in [-0.1, -0.05) is 0 Å². The van der Waals surface area contributed by atoms with E-state index in [9.17, 15) is 8.42 Å². The van der Waals surface area contributed by atoms with Gasteiger partial charge in [-0.05, 0) is 31.2 Å². The van der Waals surface area contributed by atoms with Crippen molar-refractivity contribution in [3.8, 4) is 5.75 Å². The van der Waals surface area contributed by atoms with Crippen molar-refractivity contribution in [1.82, 2.24) is 9.38 Å². The topological polar surface area (TPSA) is 60.7 Å². The molecule has 0 N–H and O–H groups in total. The maximum atomic E-state index is 11.4. The first kappa shape index (κ1) is 13.4. The van der Waals surface area contributed by atoms with E-state index >= 15 is 0 Å². The van der Waals surface area contributed by atoms with Crippen LogP contribution in [-0.4, -0.2) is 36.4 Å². The molecule has 1 saturated heterocycles. The Bertz CT molecular complexity index is 707. The summed E-state index contributed by atoms with van der Waals surface area (Å²) in [5.74, 6) is 1.85. The molecule has 0 unspecified atom stereocenters. The Morgan fingerprint density at radius 1 is 1.40 bits per heavy atom. The zero-order valence-corrected chi connectivity index (χ0v) is 12.3. The Kier molecular flexibility index (Phi) is 3.41. The molecule has 0 radical (unpaired) electrons. The zero-order chi connectivity index (χ0) is 14.2. The summed E-state index contributed by atoms with van der Waals surface area (Å²) in [6.07, 6.45) is 6.28. The molecule has 0 atom stereocenters. The largest absolute Gasteiger partial charge is 0.497 e. The molecule has 0 aromatic carbocycles. The fourth-order valence-corrected chi connectivity index (χ4v) is 4.27. The molecule has 3 heterocycles. The second-order valence-electron chi connectivity index (χ2n) is 5.36. The number of ether oxygens (including phenoxy) is 1. The molecule has 1 aliphatic rings. The van der Waals surface area contributed by atoms with Crippen molar-refractivity contribution in [2.45, 2.75) is 19.3 Å². The van der Waals surface area contributed by atoms with Gasteiger partial charge in [-0.3, -0.25) is 0 Å². The van der Waals surface area contributed by atoms with Gasteiger partial charge in [0.05, 0.1) is 24.3 Å². The van der Waals surface area contributed by atoms with Crippen molar-refractivity contribution < 1.29 is 13.2 Å². The van der Waals surface area contributed by atoms with Crippen molar-refractivity contribution in [2.75, 3.05) is 18.6 Å². The van der Waals surface area contributed by atoms with Gasteiger partial charge in [-0.15, -0.1) is 0 Å². The zero-order valence-electron chi connectivity index (χ0n) is 11.4. The van der Waals surface area contributed by atoms with Gasteiger partial charge in [0.15, 0.2) is 0 Å². The van der Waals surface area contributed by atoms with Crippen LogP contribution in [0.5, 0.6) is 5.75 Å². The summed E-state index contributed by atoms with van der Waals surface area (Å²) in [5.41, 5.74) is 1.88. The first-order valence-corrected chi connectivity index (χ1v) is 8.60. The average molecular weight is 294 g/mol. The summed E-state index contributed by atoms with van der Waals surface area (Å²) in [4.78, 5) is 4.59. The van der Waals surface area contributed by atoms with E-state index in [-0.39, 0.29) is 0 Å². The van der Waals surface area contributed by atoms with Crippen LogP contribution < -0.4 is 4.74 Å². The SMILES string of the molecule is COc1ccn2cc(CC3CCS(=O)(=O)CC3)nc2c1. The number of nitrogens with zero attached hydrogens (tertiary/aromatic N) is 2. The smallest absolute Gasteiger partial charge is 0.150 e. The minimum Gasteiger partial charge on any atom is -0.497 e. The van der Waals surface area contributed by atoms with Crippen LogP contribution in [0.2, 0.25) is 0 Å². The molecule has 108 valence electrons. The summed E-state index contributed by atoms with van der Waals surface area (Å²) in [6.45, 7) is 0. The number of pyridine rings is 1. The van der Waals surface area contributed by atoms with Gasteiger partial charge >= 0.3 is 0 Å². The predicted molar refractivity (Wildman–Crippen MR) is 76.8 cm³/mol. The van der Waals surface area contributed by atoms with E-state index in [1.54, 1.807) is 7.11 Å². The molecule has 0 bridgehead atoms. The number of hydrogen-bond acceptors (Lipinski definition) is 4. The van der Waals surface area contributed by atoms with Gasteiger partial charge in [0.25, 0.3) is 0 Å². The highest BCUT2D eigenvalue weighted by Gasteiger charge is 2.24. The van der Waals surface area contributed by atoms with E-state index < -0.39 is 9.84 Å². The van der Waals surface area contributed by atoms with Crippen LogP contribution in [-0.2, 0) is 16.3 Å². The molecule has 0 amide bonds. The van der Waals surface area contributed by atoms with E-state index in [1.807, 2.05) is 28.9 Å². The average Bonchev–Trinajstić information content (AvgIpc) is 2.82. The fraction of sp³-hybridized carbons (Fsp3) is 0.500. The number of sulfone groups is 1. The van der Waals surface area contributed by atoms with Crippen LogP contribution in [0.1, 0.15) is 18.5 Å². The fourth-order valence-electron chi connectivity index (χ4n) is 2.68. The third-order valence-corrected chi connectivity index (χ3v) is 5.60. The Labute approximate surface area is 118 Å². The van der Waals surface area contributed by atoms with E-state index in [4.69, 9.17) is 4.74 Å². The molecule has 1 fully saturated rings. The van der Waals surface area contributed by atoms with Crippen LogP contribution in [0.4, 0.5) is 0 Å². The summed E-state index contributed by atoms with van der Waals surface area (Å²) < 4.78 is 30.0. The minimum absolute atomic E-state index is 0.318. The van der Waals surface area contributed by atoms with Gasteiger partial charge in [0, 0.05) is 18.5 Å². The van der Waals surface area contributed by atoms with Crippen molar-refractivity contribution in [3.05, 3.63) is 30.2 Å². The first-order chi connectivity index (χ1) is 9.55. The number of hydrogen-bond donors (Lipinski definition) is 0. The summed E-state index contributed by atoms with van der Waals surface area (Å²) in [5, 5.41) is 0. The normalized spacial score (nSPS) is 19.2.